The predicted molar refractivity (Wildman–Crippen MR) is 56.2 cm³/mol. The lowest BCUT2D eigenvalue weighted by Gasteiger charge is -1.91. The van der Waals surface area contributed by atoms with Crippen molar-refractivity contribution in [1.29, 1.82) is 0 Å². The minimum absolute atomic E-state index is 0.838. The molecule has 0 aliphatic heterocycles. The summed E-state index contributed by atoms with van der Waals surface area (Å²) in [7, 11) is 0. The SMILES string of the molecule is CCCC.Cc1cccc(N)c1. The Kier molecular flexibility index (Phi) is 6.16. The molecule has 1 aromatic carbocycles. The summed E-state index contributed by atoms with van der Waals surface area (Å²) in [5, 5.41) is 0. The van der Waals surface area contributed by atoms with E-state index in [0.717, 1.165) is 5.69 Å². The fourth-order valence-corrected chi connectivity index (χ4v) is 0.670. The standard InChI is InChI=1S/C7H9N.C4H10/c1-6-3-2-4-7(8)5-6;1-3-4-2/h2-5H,8H2,1H3;3-4H2,1-2H3. The largest absolute Gasteiger partial charge is 0.399 e. The smallest absolute Gasteiger partial charge is 0.0316 e. The van der Waals surface area contributed by atoms with Gasteiger partial charge in [0.1, 0.15) is 0 Å². The highest BCUT2D eigenvalue weighted by atomic mass is 14.5. The molecule has 0 radical (unpaired) electrons. The molecular formula is C11H19N. The molecule has 1 heteroatoms. The van der Waals surface area contributed by atoms with Crippen LogP contribution in [0.1, 0.15) is 32.3 Å². The number of aryl methyl sites for hydroxylation is 1. The second-order valence-electron chi connectivity index (χ2n) is 2.91. The van der Waals surface area contributed by atoms with E-state index < -0.39 is 0 Å². The highest BCUT2D eigenvalue weighted by Gasteiger charge is 1.81. The Morgan fingerprint density at radius 1 is 1.17 bits per heavy atom. The number of anilines is 1. The molecule has 1 aromatic rings. The normalized spacial score (nSPS) is 8.58. The highest BCUT2D eigenvalue weighted by Crippen LogP contribution is 2.03. The Labute approximate surface area is 75.6 Å². The summed E-state index contributed by atoms with van der Waals surface area (Å²) in [6, 6.07) is 7.80. The van der Waals surface area contributed by atoms with Crippen molar-refractivity contribution >= 4 is 5.69 Å². The third-order valence-electron chi connectivity index (χ3n) is 1.54. The zero-order chi connectivity index (χ0) is 9.40. The van der Waals surface area contributed by atoms with Crippen molar-refractivity contribution in [1.82, 2.24) is 0 Å². The van der Waals surface area contributed by atoms with E-state index in [9.17, 15) is 0 Å². The first-order chi connectivity index (χ1) is 5.70. The van der Waals surface area contributed by atoms with E-state index >= 15 is 0 Å². The fraction of sp³-hybridized carbons (Fsp3) is 0.455. The second kappa shape index (κ2) is 6.71. The Bertz CT molecular complexity index is 187. The molecule has 68 valence electrons. The van der Waals surface area contributed by atoms with Crippen LogP contribution in [-0.2, 0) is 0 Å². The van der Waals surface area contributed by atoms with Crippen LogP contribution in [0.25, 0.3) is 0 Å². The topological polar surface area (TPSA) is 26.0 Å². The van der Waals surface area contributed by atoms with Gasteiger partial charge in [-0.2, -0.15) is 0 Å². The number of hydrogen-bond donors (Lipinski definition) is 1. The molecule has 0 unspecified atom stereocenters. The lowest BCUT2D eigenvalue weighted by molar-refractivity contribution is 0.886. The number of unbranched alkanes of at least 4 members (excludes halogenated alkanes) is 1. The number of nitrogen functional groups attached to an aromatic ring is 1. The van der Waals surface area contributed by atoms with Crippen LogP contribution in [0.5, 0.6) is 0 Å². The molecule has 0 spiro atoms. The molecule has 0 aliphatic rings. The number of hydrogen-bond acceptors (Lipinski definition) is 1. The average molecular weight is 165 g/mol. The first kappa shape index (κ1) is 11.0. The third kappa shape index (κ3) is 5.78. The summed E-state index contributed by atoms with van der Waals surface area (Å²) in [5.41, 5.74) is 7.51. The maximum absolute atomic E-state index is 5.46. The van der Waals surface area contributed by atoms with E-state index in [1.807, 2.05) is 31.2 Å². The average Bonchev–Trinajstić information content (AvgIpc) is 2.04. The lowest BCUT2D eigenvalue weighted by atomic mass is 10.2. The van der Waals surface area contributed by atoms with E-state index in [0.29, 0.717) is 0 Å². The van der Waals surface area contributed by atoms with Gasteiger partial charge in [0.25, 0.3) is 0 Å². The van der Waals surface area contributed by atoms with Crippen molar-refractivity contribution in [3.63, 3.8) is 0 Å². The van der Waals surface area contributed by atoms with Crippen LogP contribution in [-0.4, -0.2) is 0 Å². The quantitative estimate of drug-likeness (QED) is 0.634. The second-order valence-corrected chi connectivity index (χ2v) is 2.91. The minimum Gasteiger partial charge on any atom is -0.399 e. The van der Waals surface area contributed by atoms with E-state index in [-0.39, 0.29) is 0 Å². The van der Waals surface area contributed by atoms with Crippen molar-refractivity contribution in [2.75, 3.05) is 5.73 Å². The molecule has 0 atom stereocenters. The predicted octanol–water partition coefficient (Wildman–Crippen LogP) is 3.38. The Balaban J connectivity index is 0.000000261. The molecule has 12 heavy (non-hydrogen) atoms. The van der Waals surface area contributed by atoms with Gasteiger partial charge in [-0.25, -0.2) is 0 Å². The van der Waals surface area contributed by atoms with E-state index in [1.165, 1.54) is 18.4 Å². The van der Waals surface area contributed by atoms with Crippen LogP contribution in [0, 0.1) is 6.92 Å². The molecule has 2 N–H and O–H groups in total. The molecule has 0 fully saturated rings. The molecular weight excluding hydrogens is 146 g/mol. The third-order valence-corrected chi connectivity index (χ3v) is 1.54. The summed E-state index contributed by atoms with van der Waals surface area (Å²) in [5.74, 6) is 0. The molecule has 0 heterocycles. The van der Waals surface area contributed by atoms with Gasteiger partial charge in [-0.3, -0.25) is 0 Å². The summed E-state index contributed by atoms with van der Waals surface area (Å²) in [4.78, 5) is 0. The van der Waals surface area contributed by atoms with Crippen LogP contribution in [0.3, 0.4) is 0 Å². The molecule has 0 saturated heterocycles. The van der Waals surface area contributed by atoms with Crippen LogP contribution in [0.15, 0.2) is 24.3 Å². The van der Waals surface area contributed by atoms with Gasteiger partial charge in [-0.05, 0) is 24.6 Å². The lowest BCUT2D eigenvalue weighted by Crippen LogP contribution is -1.82. The van der Waals surface area contributed by atoms with Gasteiger partial charge in [0.15, 0.2) is 0 Å². The van der Waals surface area contributed by atoms with Crippen molar-refractivity contribution < 1.29 is 0 Å². The number of benzene rings is 1. The maximum atomic E-state index is 5.46. The van der Waals surface area contributed by atoms with Crippen LogP contribution in [0.2, 0.25) is 0 Å². The highest BCUT2D eigenvalue weighted by molar-refractivity contribution is 5.39. The van der Waals surface area contributed by atoms with Crippen LogP contribution < -0.4 is 5.73 Å². The summed E-state index contributed by atoms with van der Waals surface area (Å²) >= 11 is 0. The minimum atomic E-state index is 0.838. The summed E-state index contributed by atoms with van der Waals surface area (Å²) in [6.45, 7) is 6.39. The Morgan fingerprint density at radius 2 is 1.75 bits per heavy atom. The molecule has 0 aliphatic carbocycles. The molecule has 0 aromatic heterocycles. The van der Waals surface area contributed by atoms with Crippen LogP contribution >= 0.6 is 0 Å². The monoisotopic (exact) mass is 165 g/mol. The van der Waals surface area contributed by atoms with Gasteiger partial charge in [0.2, 0.25) is 0 Å². The van der Waals surface area contributed by atoms with Gasteiger partial charge in [0.05, 0.1) is 0 Å². The zero-order valence-electron chi connectivity index (χ0n) is 8.30. The van der Waals surface area contributed by atoms with E-state index in [4.69, 9.17) is 5.73 Å². The number of nitrogens with two attached hydrogens (primary N) is 1. The van der Waals surface area contributed by atoms with Crippen molar-refractivity contribution in [3.8, 4) is 0 Å². The molecule has 1 rings (SSSR count). The van der Waals surface area contributed by atoms with E-state index in [1.54, 1.807) is 0 Å². The zero-order valence-corrected chi connectivity index (χ0v) is 8.30. The fourth-order valence-electron chi connectivity index (χ4n) is 0.670. The van der Waals surface area contributed by atoms with Gasteiger partial charge >= 0.3 is 0 Å². The number of rotatable bonds is 1. The molecule has 0 saturated carbocycles. The van der Waals surface area contributed by atoms with E-state index in [2.05, 4.69) is 13.8 Å². The van der Waals surface area contributed by atoms with Crippen molar-refractivity contribution in [2.24, 2.45) is 0 Å². The molecule has 0 amide bonds. The summed E-state index contributed by atoms with van der Waals surface area (Å²) in [6.07, 6.45) is 2.64. The maximum Gasteiger partial charge on any atom is 0.0316 e. The van der Waals surface area contributed by atoms with Crippen molar-refractivity contribution in [2.45, 2.75) is 33.6 Å². The first-order valence-corrected chi connectivity index (χ1v) is 4.52. The van der Waals surface area contributed by atoms with Gasteiger partial charge in [-0.15, -0.1) is 0 Å². The molecule has 0 bridgehead atoms. The molecule has 1 nitrogen and oxygen atoms in total. The van der Waals surface area contributed by atoms with Gasteiger partial charge < -0.3 is 5.73 Å². The Hall–Kier alpha value is -0.980. The summed E-state index contributed by atoms with van der Waals surface area (Å²) < 4.78 is 0. The van der Waals surface area contributed by atoms with Gasteiger partial charge in [-0.1, -0.05) is 38.8 Å². The Morgan fingerprint density at radius 3 is 2.00 bits per heavy atom. The first-order valence-electron chi connectivity index (χ1n) is 4.52. The van der Waals surface area contributed by atoms with Crippen LogP contribution in [0.4, 0.5) is 5.69 Å². The van der Waals surface area contributed by atoms with Gasteiger partial charge in [0, 0.05) is 5.69 Å². The van der Waals surface area contributed by atoms with Crippen molar-refractivity contribution in [3.05, 3.63) is 29.8 Å².